The Bertz CT molecular complexity index is 352. The molecule has 0 radical (unpaired) electrons. The van der Waals surface area contributed by atoms with Gasteiger partial charge in [-0.25, -0.2) is 0 Å². The number of nitrogens with one attached hydrogen (secondary N) is 1. The average Bonchev–Trinajstić information content (AvgIpc) is 2.87. The van der Waals surface area contributed by atoms with E-state index in [-0.39, 0.29) is 24.5 Å². The fourth-order valence-electron chi connectivity index (χ4n) is 2.08. The predicted octanol–water partition coefficient (Wildman–Crippen LogP) is 0.610. The molecule has 2 rings (SSSR count). The lowest BCUT2D eigenvalue weighted by atomic mass is 10.1. The molecule has 1 fully saturated rings. The molecular formula is C11H15NO3S. The van der Waals surface area contributed by atoms with Gasteiger partial charge in [-0.3, -0.25) is 4.79 Å². The number of hydrogen-bond acceptors (Lipinski definition) is 4. The minimum absolute atomic E-state index is 0.0213. The summed E-state index contributed by atoms with van der Waals surface area (Å²) < 4.78 is 0. The van der Waals surface area contributed by atoms with Crippen LogP contribution in [-0.4, -0.2) is 34.9 Å². The van der Waals surface area contributed by atoms with Crippen LogP contribution in [0.1, 0.15) is 22.5 Å². The SMILES string of the molecule is O=C(NC1CC(O)C(CO)C1)c1cccs1. The molecule has 0 aliphatic heterocycles. The lowest BCUT2D eigenvalue weighted by Crippen LogP contribution is -2.32. The summed E-state index contributed by atoms with van der Waals surface area (Å²) in [6, 6.07) is 3.58. The summed E-state index contributed by atoms with van der Waals surface area (Å²) in [6.07, 6.45) is 0.676. The molecule has 4 nitrogen and oxygen atoms in total. The monoisotopic (exact) mass is 241 g/mol. The fraction of sp³-hybridized carbons (Fsp3) is 0.545. The second kappa shape index (κ2) is 4.95. The molecule has 1 heterocycles. The van der Waals surface area contributed by atoms with Crippen molar-refractivity contribution < 1.29 is 15.0 Å². The van der Waals surface area contributed by atoms with Crippen LogP contribution in [0, 0.1) is 5.92 Å². The molecule has 0 aromatic carbocycles. The van der Waals surface area contributed by atoms with Crippen LogP contribution in [0.15, 0.2) is 17.5 Å². The van der Waals surface area contributed by atoms with Crippen LogP contribution in [0.3, 0.4) is 0 Å². The maximum Gasteiger partial charge on any atom is 0.261 e. The van der Waals surface area contributed by atoms with Gasteiger partial charge in [-0.1, -0.05) is 6.07 Å². The Hall–Kier alpha value is -0.910. The standard InChI is InChI=1S/C11H15NO3S/c13-6-7-4-8(5-9(7)14)12-11(15)10-2-1-3-16-10/h1-3,7-9,13-14H,4-6H2,(H,12,15). The Balaban J connectivity index is 1.90. The van der Waals surface area contributed by atoms with Crippen molar-refractivity contribution in [2.75, 3.05) is 6.61 Å². The van der Waals surface area contributed by atoms with Crippen LogP contribution in [0.25, 0.3) is 0 Å². The highest BCUT2D eigenvalue weighted by Gasteiger charge is 2.33. The maximum absolute atomic E-state index is 11.7. The summed E-state index contributed by atoms with van der Waals surface area (Å²) >= 11 is 1.40. The summed E-state index contributed by atoms with van der Waals surface area (Å²) in [4.78, 5) is 12.4. The Labute approximate surface area is 97.9 Å². The topological polar surface area (TPSA) is 69.6 Å². The summed E-state index contributed by atoms with van der Waals surface area (Å²) in [7, 11) is 0. The summed E-state index contributed by atoms with van der Waals surface area (Å²) in [5, 5.41) is 23.3. The number of carbonyl (C=O) groups excluding carboxylic acids is 1. The molecule has 1 aromatic heterocycles. The third-order valence-corrected chi connectivity index (χ3v) is 3.84. The molecule has 16 heavy (non-hydrogen) atoms. The van der Waals surface area contributed by atoms with E-state index in [1.807, 2.05) is 11.4 Å². The van der Waals surface area contributed by atoms with Gasteiger partial charge < -0.3 is 15.5 Å². The highest BCUT2D eigenvalue weighted by molar-refractivity contribution is 7.12. The molecule has 88 valence electrons. The van der Waals surface area contributed by atoms with Crippen molar-refractivity contribution in [2.24, 2.45) is 5.92 Å². The van der Waals surface area contributed by atoms with Crippen molar-refractivity contribution in [3.05, 3.63) is 22.4 Å². The van der Waals surface area contributed by atoms with Crippen LogP contribution in [0.2, 0.25) is 0 Å². The number of aliphatic hydroxyl groups excluding tert-OH is 2. The van der Waals surface area contributed by atoms with E-state index in [9.17, 15) is 9.90 Å². The molecule has 0 bridgehead atoms. The van der Waals surface area contributed by atoms with Crippen LogP contribution >= 0.6 is 11.3 Å². The smallest absolute Gasteiger partial charge is 0.261 e. The minimum atomic E-state index is -0.501. The average molecular weight is 241 g/mol. The van der Waals surface area contributed by atoms with E-state index in [2.05, 4.69) is 5.32 Å². The van der Waals surface area contributed by atoms with Crippen molar-refractivity contribution in [3.63, 3.8) is 0 Å². The second-order valence-electron chi connectivity index (χ2n) is 4.13. The zero-order valence-corrected chi connectivity index (χ0v) is 9.61. The van der Waals surface area contributed by atoms with Crippen LogP contribution < -0.4 is 5.32 Å². The van der Waals surface area contributed by atoms with Crippen molar-refractivity contribution >= 4 is 17.2 Å². The van der Waals surface area contributed by atoms with E-state index in [1.54, 1.807) is 6.07 Å². The zero-order valence-electron chi connectivity index (χ0n) is 8.80. The Morgan fingerprint density at radius 1 is 1.56 bits per heavy atom. The highest BCUT2D eigenvalue weighted by Crippen LogP contribution is 2.26. The fourth-order valence-corrected chi connectivity index (χ4v) is 2.71. The number of carbonyl (C=O) groups is 1. The molecule has 1 saturated carbocycles. The number of rotatable bonds is 3. The number of hydrogen-bond donors (Lipinski definition) is 3. The van der Waals surface area contributed by atoms with Gasteiger partial charge >= 0.3 is 0 Å². The van der Waals surface area contributed by atoms with Gasteiger partial charge in [0.15, 0.2) is 0 Å². The van der Waals surface area contributed by atoms with Gasteiger partial charge in [0.1, 0.15) is 0 Å². The molecule has 0 saturated heterocycles. The van der Waals surface area contributed by atoms with E-state index in [0.717, 1.165) is 0 Å². The molecule has 1 amide bonds. The molecule has 3 unspecified atom stereocenters. The van der Waals surface area contributed by atoms with E-state index in [0.29, 0.717) is 17.7 Å². The van der Waals surface area contributed by atoms with Crippen LogP contribution in [0.4, 0.5) is 0 Å². The Kier molecular flexibility index (Phi) is 3.58. The third-order valence-electron chi connectivity index (χ3n) is 2.97. The first-order valence-corrected chi connectivity index (χ1v) is 6.22. The first-order valence-electron chi connectivity index (χ1n) is 5.34. The van der Waals surface area contributed by atoms with E-state index in [1.165, 1.54) is 11.3 Å². The van der Waals surface area contributed by atoms with Crippen LogP contribution in [-0.2, 0) is 0 Å². The van der Waals surface area contributed by atoms with E-state index in [4.69, 9.17) is 5.11 Å². The molecular weight excluding hydrogens is 226 g/mol. The molecule has 3 atom stereocenters. The van der Waals surface area contributed by atoms with Gasteiger partial charge in [-0.05, 0) is 24.3 Å². The van der Waals surface area contributed by atoms with Gasteiger partial charge in [-0.2, -0.15) is 0 Å². The quantitative estimate of drug-likeness (QED) is 0.726. The lowest BCUT2D eigenvalue weighted by molar-refractivity contribution is 0.0904. The van der Waals surface area contributed by atoms with Crippen molar-refractivity contribution in [1.82, 2.24) is 5.32 Å². The van der Waals surface area contributed by atoms with Crippen molar-refractivity contribution in [2.45, 2.75) is 25.0 Å². The summed E-state index contributed by atoms with van der Waals surface area (Å²) in [5.74, 6) is -0.195. The van der Waals surface area contributed by atoms with Gasteiger partial charge in [0.25, 0.3) is 5.91 Å². The highest BCUT2D eigenvalue weighted by atomic mass is 32.1. The Morgan fingerprint density at radius 2 is 2.38 bits per heavy atom. The van der Waals surface area contributed by atoms with Gasteiger partial charge in [0.05, 0.1) is 11.0 Å². The number of amides is 1. The minimum Gasteiger partial charge on any atom is -0.396 e. The lowest BCUT2D eigenvalue weighted by Gasteiger charge is -2.11. The zero-order chi connectivity index (χ0) is 11.5. The molecule has 1 aliphatic rings. The molecule has 0 spiro atoms. The normalized spacial score (nSPS) is 29.2. The van der Waals surface area contributed by atoms with Gasteiger partial charge in [0.2, 0.25) is 0 Å². The number of aliphatic hydroxyl groups is 2. The molecule has 3 N–H and O–H groups in total. The van der Waals surface area contributed by atoms with E-state index < -0.39 is 6.10 Å². The second-order valence-corrected chi connectivity index (χ2v) is 5.08. The largest absolute Gasteiger partial charge is 0.396 e. The van der Waals surface area contributed by atoms with E-state index >= 15 is 0 Å². The molecule has 5 heteroatoms. The van der Waals surface area contributed by atoms with Gasteiger partial charge in [-0.15, -0.1) is 11.3 Å². The third kappa shape index (κ3) is 2.42. The molecule has 1 aliphatic carbocycles. The first kappa shape index (κ1) is 11.6. The van der Waals surface area contributed by atoms with Gasteiger partial charge in [0, 0.05) is 18.6 Å². The summed E-state index contributed by atoms with van der Waals surface area (Å²) in [5.41, 5.74) is 0. The maximum atomic E-state index is 11.7. The van der Waals surface area contributed by atoms with Crippen molar-refractivity contribution in [1.29, 1.82) is 0 Å². The Morgan fingerprint density at radius 3 is 2.94 bits per heavy atom. The van der Waals surface area contributed by atoms with Crippen molar-refractivity contribution in [3.8, 4) is 0 Å². The molecule has 1 aromatic rings. The number of thiophene rings is 1. The predicted molar refractivity (Wildman–Crippen MR) is 61.4 cm³/mol. The summed E-state index contributed by atoms with van der Waals surface area (Å²) in [6.45, 7) is -0.0213. The van der Waals surface area contributed by atoms with Crippen LogP contribution in [0.5, 0.6) is 0 Å². The first-order chi connectivity index (χ1) is 7.70.